The monoisotopic (exact) mass is 358 g/mol. The third-order valence-corrected chi connectivity index (χ3v) is 4.56. The number of hydrogen-bond acceptors (Lipinski definition) is 12. The van der Waals surface area contributed by atoms with E-state index >= 15 is 0 Å². The Morgan fingerprint density at radius 3 is 1.75 bits per heavy atom. The minimum Gasteiger partial charge on any atom is -0.394 e. The van der Waals surface area contributed by atoms with Gasteiger partial charge in [-0.1, -0.05) is 0 Å². The second-order valence-electron chi connectivity index (χ2n) is 5.92. The van der Waals surface area contributed by atoms with Crippen molar-refractivity contribution in [1.82, 2.24) is 0 Å². The van der Waals surface area contributed by atoms with Crippen molar-refractivity contribution >= 4 is 0 Å². The summed E-state index contributed by atoms with van der Waals surface area (Å²) >= 11 is 0. The smallest absolute Gasteiger partial charge is 0.230 e. The molecule has 10 N–H and O–H groups in total. The molecule has 0 amide bonds. The van der Waals surface area contributed by atoms with E-state index < -0.39 is 73.6 Å². The van der Waals surface area contributed by atoms with Crippen LogP contribution in [-0.2, 0) is 9.47 Å². The molecule has 0 unspecified atom stereocenters. The van der Waals surface area contributed by atoms with Crippen molar-refractivity contribution in [1.29, 1.82) is 0 Å². The molecule has 2 heterocycles. The number of aliphatic hydroxyl groups excluding tert-OH is 8. The second kappa shape index (κ2) is 6.68. The van der Waals surface area contributed by atoms with Crippen molar-refractivity contribution in [3.05, 3.63) is 0 Å². The van der Waals surface area contributed by atoms with E-state index in [1.165, 1.54) is 0 Å². The number of ether oxygens (including phenoxy) is 2. The minimum absolute atomic E-state index is 0.950. The van der Waals surface area contributed by atoms with E-state index in [9.17, 15) is 40.9 Å². The summed E-state index contributed by atoms with van der Waals surface area (Å²) in [6, 6.07) is 0. The van der Waals surface area contributed by atoms with E-state index in [0.717, 1.165) is 0 Å². The van der Waals surface area contributed by atoms with Gasteiger partial charge in [0.15, 0.2) is 11.9 Å². The third kappa shape index (κ3) is 2.56. The van der Waals surface area contributed by atoms with Crippen LogP contribution in [-0.4, -0.2) is 125 Å². The van der Waals surface area contributed by atoms with Gasteiger partial charge < -0.3 is 60.5 Å². The quantitative estimate of drug-likeness (QED) is 0.227. The van der Waals surface area contributed by atoms with Crippen LogP contribution in [0.1, 0.15) is 0 Å². The van der Waals surface area contributed by atoms with Crippen LogP contribution in [0.4, 0.5) is 0 Å². The zero-order chi connectivity index (χ0) is 18.4. The Hall–Kier alpha value is -0.480. The van der Waals surface area contributed by atoms with E-state index in [-0.39, 0.29) is 0 Å². The van der Waals surface area contributed by atoms with E-state index in [1.807, 2.05) is 0 Å². The number of rotatable bonds is 3. The highest BCUT2D eigenvalue weighted by Gasteiger charge is 2.72. The van der Waals surface area contributed by atoms with E-state index in [1.54, 1.807) is 0 Å². The summed E-state index contributed by atoms with van der Waals surface area (Å²) in [4.78, 5) is 0. The fraction of sp³-hybridized carbons (Fsp3) is 1.00. The molecule has 0 spiro atoms. The van der Waals surface area contributed by atoms with Gasteiger partial charge in [-0.15, -0.1) is 0 Å². The predicted molar refractivity (Wildman–Crippen MR) is 69.9 cm³/mol. The van der Waals surface area contributed by atoms with Crippen LogP contribution in [0.5, 0.6) is 0 Å². The fourth-order valence-corrected chi connectivity index (χ4v) is 3.06. The van der Waals surface area contributed by atoms with Crippen molar-refractivity contribution in [3.63, 3.8) is 0 Å². The summed E-state index contributed by atoms with van der Waals surface area (Å²) < 4.78 is 9.53. The SMILES string of the molecule is OC[C@H]1O[C@](O)([C@]2(O)[C@H](O)[C@@H](CO)O[C@H](O)[C@@H]2O)[C@H](O)[C@@H](O)[C@H]1O. The fourth-order valence-electron chi connectivity index (χ4n) is 3.06. The maximum atomic E-state index is 10.7. The summed E-state index contributed by atoms with van der Waals surface area (Å²) in [5, 5.41) is 98.9. The summed E-state index contributed by atoms with van der Waals surface area (Å²) in [5.41, 5.74) is -3.26. The van der Waals surface area contributed by atoms with Gasteiger partial charge in [-0.3, -0.25) is 0 Å². The van der Waals surface area contributed by atoms with Gasteiger partial charge in [0.2, 0.25) is 5.79 Å². The molecule has 0 bridgehead atoms. The molecule has 0 aromatic rings. The molecule has 142 valence electrons. The maximum Gasteiger partial charge on any atom is 0.230 e. The van der Waals surface area contributed by atoms with Crippen molar-refractivity contribution in [3.8, 4) is 0 Å². The third-order valence-electron chi connectivity index (χ3n) is 4.56. The van der Waals surface area contributed by atoms with Crippen molar-refractivity contribution in [2.45, 2.75) is 60.4 Å². The summed E-state index contributed by atoms with van der Waals surface area (Å²) in [6.45, 7) is -1.91. The average Bonchev–Trinajstić information content (AvgIpc) is 2.57. The highest BCUT2D eigenvalue weighted by Crippen LogP contribution is 2.44. The Balaban J connectivity index is 2.50. The van der Waals surface area contributed by atoms with Crippen LogP contribution >= 0.6 is 0 Å². The molecule has 10 atom stereocenters. The lowest BCUT2D eigenvalue weighted by molar-refractivity contribution is -0.452. The van der Waals surface area contributed by atoms with Crippen LogP contribution in [0, 0.1) is 0 Å². The molecule has 2 saturated heterocycles. The van der Waals surface area contributed by atoms with Crippen LogP contribution in [0.25, 0.3) is 0 Å². The molecule has 0 aromatic carbocycles. The van der Waals surface area contributed by atoms with Gasteiger partial charge in [0, 0.05) is 0 Å². The molecule has 2 fully saturated rings. The van der Waals surface area contributed by atoms with Gasteiger partial charge in [0.1, 0.15) is 42.7 Å². The zero-order valence-corrected chi connectivity index (χ0v) is 12.3. The van der Waals surface area contributed by atoms with E-state index in [0.29, 0.717) is 0 Å². The molecule has 0 aromatic heterocycles. The van der Waals surface area contributed by atoms with Gasteiger partial charge in [-0.25, -0.2) is 0 Å². The summed E-state index contributed by atoms with van der Waals surface area (Å²) in [7, 11) is 0. The largest absolute Gasteiger partial charge is 0.394 e. The second-order valence-corrected chi connectivity index (χ2v) is 5.92. The Kier molecular flexibility index (Phi) is 5.52. The molecule has 0 radical (unpaired) electrons. The zero-order valence-electron chi connectivity index (χ0n) is 12.3. The van der Waals surface area contributed by atoms with Gasteiger partial charge in [-0.2, -0.15) is 0 Å². The molecular weight excluding hydrogens is 336 g/mol. The number of aliphatic hydroxyl groups is 10. The molecule has 0 saturated carbocycles. The van der Waals surface area contributed by atoms with Gasteiger partial charge in [-0.05, 0) is 0 Å². The lowest BCUT2D eigenvalue weighted by Gasteiger charge is -2.57. The maximum absolute atomic E-state index is 10.7. The summed E-state index contributed by atoms with van der Waals surface area (Å²) in [5.74, 6) is -3.34. The molecule has 2 rings (SSSR count). The molecule has 24 heavy (non-hydrogen) atoms. The van der Waals surface area contributed by atoms with Gasteiger partial charge in [0.05, 0.1) is 13.2 Å². The first-order valence-electron chi connectivity index (χ1n) is 7.14. The lowest BCUT2D eigenvalue weighted by Crippen LogP contribution is -2.83. The van der Waals surface area contributed by atoms with Crippen molar-refractivity contribution in [2.24, 2.45) is 0 Å². The molecule has 12 heteroatoms. The normalized spacial score (nSPS) is 56.2. The van der Waals surface area contributed by atoms with E-state index in [2.05, 4.69) is 4.74 Å². The first kappa shape index (κ1) is 19.8. The van der Waals surface area contributed by atoms with Crippen molar-refractivity contribution in [2.75, 3.05) is 13.2 Å². The first-order chi connectivity index (χ1) is 11.1. The molecular formula is C12H22O12. The molecule has 2 aliphatic heterocycles. The van der Waals surface area contributed by atoms with Crippen LogP contribution in [0.3, 0.4) is 0 Å². The summed E-state index contributed by atoms with van der Waals surface area (Å²) in [6.07, 6.45) is -16.8. The molecule has 12 nitrogen and oxygen atoms in total. The highest BCUT2D eigenvalue weighted by molar-refractivity contribution is 5.15. The lowest BCUT2D eigenvalue weighted by atomic mass is 9.72. The molecule has 0 aliphatic carbocycles. The standard InChI is InChI=1S/C12H22O12/c13-1-3-5(15)6(16)8(18)12(22,24-3)11(21)7(17)4(2-14)23-10(20)9(11)19/h3-10,13-22H,1-2H2/t3-,4-,5+,6+,7-,8-,9+,10+,11+,12+/m1/s1. The topological polar surface area (TPSA) is 221 Å². The average molecular weight is 358 g/mol. The Morgan fingerprint density at radius 1 is 0.708 bits per heavy atom. The minimum atomic E-state index is -3.34. The van der Waals surface area contributed by atoms with Crippen LogP contribution in [0.2, 0.25) is 0 Å². The van der Waals surface area contributed by atoms with Gasteiger partial charge >= 0.3 is 0 Å². The van der Waals surface area contributed by atoms with E-state index in [4.69, 9.17) is 14.9 Å². The van der Waals surface area contributed by atoms with Crippen molar-refractivity contribution < 1.29 is 60.5 Å². The molecule has 2 aliphatic rings. The Bertz CT molecular complexity index is 448. The van der Waals surface area contributed by atoms with Crippen LogP contribution < -0.4 is 0 Å². The first-order valence-corrected chi connectivity index (χ1v) is 7.14. The predicted octanol–water partition coefficient (Wildman–Crippen LogP) is -6.69. The Morgan fingerprint density at radius 2 is 1.25 bits per heavy atom. The Labute approximate surface area is 135 Å². The number of hydrogen-bond donors (Lipinski definition) is 10. The van der Waals surface area contributed by atoms with Crippen LogP contribution in [0.15, 0.2) is 0 Å². The van der Waals surface area contributed by atoms with Gasteiger partial charge in [0.25, 0.3) is 0 Å². The highest BCUT2D eigenvalue weighted by atomic mass is 16.7.